The zero-order chi connectivity index (χ0) is 24.5. The van der Waals surface area contributed by atoms with E-state index < -0.39 is 17.4 Å². The minimum Gasteiger partial charge on any atom is -0.494 e. The van der Waals surface area contributed by atoms with Crippen molar-refractivity contribution in [2.24, 2.45) is 10.2 Å². The van der Waals surface area contributed by atoms with Gasteiger partial charge in [0.1, 0.15) is 0 Å². The second kappa shape index (κ2) is 8.67. The van der Waals surface area contributed by atoms with Gasteiger partial charge in [-0.15, -0.1) is 10.2 Å². The molecule has 0 aliphatic heterocycles. The molecule has 5 aromatic rings. The summed E-state index contributed by atoms with van der Waals surface area (Å²) in [4.78, 5) is 37.0. The number of amides is 2. The zero-order valence-electron chi connectivity index (χ0n) is 18.0. The fraction of sp³-hybridized carbons (Fsp3) is 0.0400. The standard InChI is InChI=1S/C25H17N5O5/c31-21(27-29-23(33)20-16-8-4-5-9-17(16)22(32)28-26-20)15-10-11-18-19(12-15)25(35)30(24(18)34)13-14-6-2-1-3-7-14/h1-12,34-35H,13H2,(H,28,32). The summed E-state index contributed by atoms with van der Waals surface area (Å²) in [6.45, 7) is 0.227. The molecular weight excluding hydrogens is 450 g/mol. The van der Waals surface area contributed by atoms with Gasteiger partial charge in [-0.1, -0.05) is 48.5 Å². The molecule has 2 heterocycles. The highest BCUT2D eigenvalue weighted by Crippen LogP contribution is 2.37. The van der Waals surface area contributed by atoms with Crippen molar-refractivity contribution in [1.82, 2.24) is 14.8 Å². The van der Waals surface area contributed by atoms with Crippen molar-refractivity contribution in [1.29, 1.82) is 0 Å². The van der Waals surface area contributed by atoms with Gasteiger partial charge in [-0.2, -0.15) is 5.10 Å². The number of benzene rings is 3. The lowest BCUT2D eigenvalue weighted by Gasteiger charge is -2.06. The number of carbonyl (C=O) groups is 2. The molecule has 0 spiro atoms. The number of azo groups is 1. The third-order valence-electron chi connectivity index (χ3n) is 5.57. The Balaban J connectivity index is 1.43. The van der Waals surface area contributed by atoms with Gasteiger partial charge in [0.05, 0.1) is 11.9 Å². The Morgan fingerprint density at radius 1 is 0.800 bits per heavy atom. The third kappa shape index (κ3) is 3.93. The minimum atomic E-state index is -0.901. The summed E-state index contributed by atoms with van der Waals surface area (Å²) >= 11 is 0. The van der Waals surface area contributed by atoms with Gasteiger partial charge in [0, 0.05) is 21.7 Å². The number of hydrogen-bond donors (Lipinski definition) is 3. The molecule has 2 aromatic heterocycles. The largest absolute Gasteiger partial charge is 0.494 e. The smallest absolute Gasteiger partial charge is 0.316 e. The van der Waals surface area contributed by atoms with E-state index in [1.807, 2.05) is 30.3 Å². The van der Waals surface area contributed by atoms with Crippen LogP contribution in [-0.2, 0) is 6.54 Å². The summed E-state index contributed by atoms with van der Waals surface area (Å²) in [6.07, 6.45) is 0. The lowest BCUT2D eigenvalue weighted by Crippen LogP contribution is -2.13. The highest BCUT2D eigenvalue weighted by atomic mass is 16.3. The van der Waals surface area contributed by atoms with Crippen molar-refractivity contribution in [3.63, 3.8) is 0 Å². The number of aromatic nitrogens is 3. The molecule has 0 bridgehead atoms. The molecule has 10 heteroatoms. The molecule has 3 N–H and O–H groups in total. The Kier molecular flexibility index (Phi) is 5.38. The Bertz CT molecular complexity index is 1700. The van der Waals surface area contributed by atoms with E-state index in [0.717, 1.165) is 5.56 Å². The first-order chi connectivity index (χ1) is 16.9. The van der Waals surface area contributed by atoms with Gasteiger partial charge in [0.15, 0.2) is 5.69 Å². The van der Waals surface area contributed by atoms with Crippen LogP contribution in [0.5, 0.6) is 11.8 Å². The fourth-order valence-electron chi connectivity index (χ4n) is 3.84. The number of aromatic amines is 1. The molecule has 0 saturated heterocycles. The molecule has 0 aliphatic carbocycles. The van der Waals surface area contributed by atoms with Gasteiger partial charge >= 0.3 is 5.91 Å². The molecule has 0 atom stereocenters. The lowest BCUT2D eigenvalue weighted by atomic mass is 10.1. The molecule has 0 fully saturated rings. The molecule has 2 amide bonds. The summed E-state index contributed by atoms with van der Waals surface area (Å²) in [5.41, 5.74) is 0.319. The van der Waals surface area contributed by atoms with Crippen molar-refractivity contribution >= 4 is 33.4 Å². The van der Waals surface area contributed by atoms with Crippen LogP contribution in [-0.4, -0.2) is 36.8 Å². The minimum absolute atomic E-state index is 0.0560. The number of rotatable bonds is 4. The van der Waals surface area contributed by atoms with Crippen LogP contribution in [0.3, 0.4) is 0 Å². The van der Waals surface area contributed by atoms with Crippen molar-refractivity contribution in [3.8, 4) is 11.8 Å². The van der Waals surface area contributed by atoms with E-state index in [9.17, 15) is 24.6 Å². The van der Waals surface area contributed by atoms with Crippen molar-refractivity contribution in [3.05, 3.63) is 100.0 Å². The summed E-state index contributed by atoms with van der Waals surface area (Å²) in [6, 6.07) is 19.9. The van der Waals surface area contributed by atoms with Gasteiger partial charge in [0.2, 0.25) is 11.8 Å². The van der Waals surface area contributed by atoms with Crippen LogP contribution in [0.2, 0.25) is 0 Å². The Labute approximate surface area is 196 Å². The number of hydrogen-bond acceptors (Lipinski definition) is 6. The molecule has 172 valence electrons. The Morgan fingerprint density at radius 3 is 2.23 bits per heavy atom. The normalized spacial score (nSPS) is 11.4. The Morgan fingerprint density at radius 2 is 1.46 bits per heavy atom. The first kappa shape index (κ1) is 21.7. The maximum absolute atomic E-state index is 12.6. The summed E-state index contributed by atoms with van der Waals surface area (Å²) in [5.74, 6) is -2.09. The van der Waals surface area contributed by atoms with Gasteiger partial charge in [0.25, 0.3) is 11.5 Å². The number of nitrogens with one attached hydrogen (secondary N) is 1. The monoisotopic (exact) mass is 467 g/mol. The SMILES string of the molecule is O=C(N=NC(=O)c1n[nH]c(=O)c2ccccc12)c1ccc2c(O)n(Cc3ccccc3)c(O)c2c1. The highest BCUT2D eigenvalue weighted by molar-refractivity contribution is 6.06. The van der Waals surface area contributed by atoms with Gasteiger partial charge in [-0.05, 0) is 29.8 Å². The van der Waals surface area contributed by atoms with Crippen molar-refractivity contribution in [2.75, 3.05) is 0 Å². The number of nitrogens with zero attached hydrogens (tertiary/aromatic N) is 4. The lowest BCUT2D eigenvalue weighted by molar-refractivity contribution is 0.0945. The molecule has 5 rings (SSSR count). The molecule has 0 unspecified atom stereocenters. The summed E-state index contributed by atoms with van der Waals surface area (Å²) in [7, 11) is 0. The highest BCUT2D eigenvalue weighted by Gasteiger charge is 2.19. The zero-order valence-corrected chi connectivity index (χ0v) is 18.0. The fourth-order valence-corrected chi connectivity index (χ4v) is 3.84. The van der Waals surface area contributed by atoms with E-state index >= 15 is 0 Å². The van der Waals surface area contributed by atoms with Gasteiger partial charge in [-0.25, -0.2) is 5.10 Å². The quantitative estimate of drug-likeness (QED) is 0.342. The topological polar surface area (TPSA) is 150 Å². The van der Waals surface area contributed by atoms with Crippen LogP contribution in [0.1, 0.15) is 26.4 Å². The van der Waals surface area contributed by atoms with Crippen LogP contribution in [0.25, 0.3) is 21.5 Å². The van der Waals surface area contributed by atoms with Crippen LogP contribution in [0.4, 0.5) is 0 Å². The first-order valence-electron chi connectivity index (χ1n) is 10.5. The second-order valence-corrected chi connectivity index (χ2v) is 7.74. The molecule has 0 radical (unpaired) electrons. The number of aromatic hydroxyl groups is 2. The van der Waals surface area contributed by atoms with Gasteiger partial charge < -0.3 is 10.2 Å². The van der Waals surface area contributed by atoms with E-state index in [1.165, 1.54) is 28.8 Å². The molecule has 35 heavy (non-hydrogen) atoms. The van der Waals surface area contributed by atoms with Gasteiger partial charge in [-0.3, -0.25) is 19.0 Å². The van der Waals surface area contributed by atoms with Crippen LogP contribution < -0.4 is 5.56 Å². The van der Waals surface area contributed by atoms with Crippen molar-refractivity contribution in [2.45, 2.75) is 6.54 Å². The number of fused-ring (bicyclic) bond motifs is 2. The van der Waals surface area contributed by atoms with Crippen molar-refractivity contribution < 1.29 is 19.8 Å². The first-order valence-corrected chi connectivity index (χ1v) is 10.5. The van der Waals surface area contributed by atoms with Crippen LogP contribution in [0.15, 0.2) is 87.8 Å². The summed E-state index contributed by atoms with van der Waals surface area (Å²) < 4.78 is 1.33. The molecular formula is C25H17N5O5. The van der Waals surface area contributed by atoms with E-state index in [-0.39, 0.29) is 45.7 Å². The Hall–Kier alpha value is -5.12. The maximum Gasteiger partial charge on any atom is 0.316 e. The number of H-pyrrole nitrogens is 1. The molecule has 0 aliphatic rings. The second-order valence-electron chi connectivity index (χ2n) is 7.74. The van der Waals surface area contributed by atoms with E-state index in [0.29, 0.717) is 5.39 Å². The third-order valence-corrected chi connectivity index (χ3v) is 5.57. The average molecular weight is 467 g/mol. The van der Waals surface area contributed by atoms with E-state index in [4.69, 9.17) is 0 Å². The molecule has 0 saturated carbocycles. The van der Waals surface area contributed by atoms with E-state index in [2.05, 4.69) is 20.4 Å². The predicted octanol–water partition coefficient (Wildman–Crippen LogP) is 3.77. The van der Waals surface area contributed by atoms with Crippen LogP contribution >= 0.6 is 0 Å². The van der Waals surface area contributed by atoms with E-state index in [1.54, 1.807) is 18.2 Å². The molecule has 3 aromatic carbocycles. The molecule has 10 nitrogen and oxygen atoms in total. The summed E-state index contributed by atoms with van der Waals surface area (Å²) in [5, 5.41) is 35.3. The van der Waals surface area contributed by atoms with Crippen LogP contribution in [0, 0.1) is 0 Å². The maximum atomic E-state index is 12.6. The average Bonchev–Trinajstić information content (AvgIpc) is 3.12. The number of carbonyl (C=O) groups excluding carboxylic acids is 2. The predicted molar refractivity (Wildman–Crippen MR) is 127 cm³/mol.